The molecule has 7 nitrogen and oxygen atoms in total. The molecule has 0 saturated heterocycles. The first kappa shape index (κ1) is 24.0. The largest absolute Gasteiger partial charge is 0.497 e. The summed E-state index contributed by atoms with van der Waals surface area (Å²) in [6.45, 7) is 0.0769. The van der Waals surface area contributed by atoms with Gasteiger partial charge in [-0.25, -0.2) is 8.42 Å². The molecule has 0 aliphatic carbocycles. The number of anilines is 1. The third-order valence-electron chi connectivity index (χ3n) is 6.01. The number of nitrogens with one attached hydrogen (secondary N) is 1. The fraction of sp³-hybridized carbons (Fsp3) is 0.148. The highest BCUT2D eigenvalue weighted by Gasteiger charge is 2.37. The third-order valence-corrected chi connectivity index (χ3v) is 8.04. The molecule has 0 radical (unpaired) electrons. The standard InChI is InChI=1S/C27H23ClN2O5S/c1-34-22-9-11-23(12-10-22)36(32,33)30-17-26(35-25-13-8-21(28)15-24(25)30)27(31)29-16-18-6-7-19-4-2-3-5-20(19)14-18/h2-15,26H,16-17H2,1H3,(H,29,31)/t26-/m1/s1. The van der Waals surface area contributed by atoms with Crippen LogP contribution in [-0.4, -0.2) is 34.1 Å². The Morgan fingerprint density at radius 3 is 2.53 bits per heavy atom. The lowest BCUT2D eigenvalue weighted by atomic mass is 10.1. The van der Waals surface area contributed by atoms with Crippen molar-refractivity contribution in [1.29, 1.82) is 0 Å². The molecule has 1 amide bonds. The van der Waals surface area contributed by atoms with Gasteiger partial charge in [0.2, 0.25) is 0 Å². The zero-order chi connectivity index (χ0) is 25.3. The number of sulfonamides is 1. The Bertz CT molecular complexity index is 1540. The fourth-order valence-corrected chi connectivity index (χ4v) is 5.75. The number of nitrogens with zero attached hydrogens (tertiary/aromatic N) is 1. The molecular weight excluding hydrogens is 500 g/mol. The maximum absolute atomic E-state index is 13.6. The SMILES string of the molecule is COc1ccc(S(=O)(=O)N2C[C@H](C(=O)NCc3ccc4ccccc4c3)Oc3ccc(Cl)cc32)cc1. The van der Waals surface area contributed by atoms with Gasteiger partial charge in [0, 0.05) is 11.6 Å². The number of fused-ring (bicyclic) bond motifs is 2. The van der Waals surface area contributed by atoms with E-state index in [4.69, 9.17) is 21.1 Å². The minimum absolute atomic E-state index is 0.0615. The normalized spacial score (nSPS) is 15.2. The number of amides is 1. The molecule has 0 spiro atoms. The molecule has 0 saturated carbocycles. The van der Waals surface area contributed by atoms with Crippen molar-refractivity contribution in [3.63, 3.8) is 0 Å². The average Bonchev–Trinajstić information content (AvgIpc) is 2.91. The number of hydrogen-bond acceptors (Lipinski definition) is 5. The van der Waals surface area contributed by atoms with Gasteiger partial charge in [-0.1, -0.05) is 48.0 Å². The van der Waals surface area contributed by atoms with Gasteiger partial charge < -0.3 is 14.8 Å². The van der Waals surface area contributed by atoms with Gasteiger partial charge in [-0.15, -0.1) is 0 Å². The van der Waals surface area contributed by atoms with Crippen molar-refractivity contribution >= 4 is 44.0 Å². The molecule has 4 aromatic carbocycles. The summed E-state index contributed by atoms with van der Waals surface area (Å²) in [5.74, 6) is 0.373. The van der Waals surface area contributed by atoms with Gasteiger partial charge in [0.15, 0.2) is 6.10 Å². The molecule has 0 bridgehead atoms. The number of hydrogen-bond donors (Lipinski definition) is 1. The van der Waals surface area contributed by atoms with Crippen molar-refractivity contribution in [2.45, 2.75) is 17.5 Å². The van der Waals surface area contributed by atoms with E-state index in [1.807, 2.05) is 42.5 Å². The van der Waals surface area contributed by atoms with E-state index in [1.54, 1.807) is 24.3 Å². The van der Waals surface area contributed by atoms with E-state index in [0.29, 0.717) is 10.8 Å². The average molecular weight is 523 g/mol. The molecule has 1 heterocycles. The van der Waals surface area contributed by atoms with Crippen LogP contribution in [0.3, 0.4) is 0 Å². The van der Waals surface area contributed by atoms with Crippen LogP contribution in [-0.2, 0) is 21.4 Å². The third kappa shape index (κ3) is 4.69. The van der Waals surface area contributed by atoms with Crippen molar-refractivity contribution in [2.75, 3.05) is 18.0 Å². The molecule has 4 aromatic rings. The number of rotatable bonds is 6. The van der Waals surface area contributed by atoms with Crippen LogP contribution >= 0.6 is 11.6 Å². The molecule has 9 heteroatoms. The number of carbonyl (C=O) groups excluding carboxylic acids is 1. The first-order valence-electron chi connectivity index (χ1n) is 11.2. The second-order valence-electron chi connectivity index (χ2n) is 8.33. The van der Waals surface area contributed by atoms with Crippen molar-refractivity contribution < 1.29 is 22.7 Å². The van der Waals surface area contributed by atoms with Gasteiger partial charge >= 0.3 is 0 Å². The van der Waals surface area contributed by atoms with E-state index in [9.17, 15) is 13.2 Å². The molecule has 184 valence electrons. The number of carbonyl (C=O) groups is 1. The molecule has 1 aliphatic heterocycles. The van der Waals surface area contributed by atoms with Crippen LogP contribution in [0.1, 0.15) is 5.56 Å². The van der Waals surface area contributed by atoms with E-state index in [1.165, 1.54) is 29.6 Å². The first-order valence-corrected chi connectivity index (χ1v) is 13.1. The van der Waals surface area contributed by atoms with Gasteiger partial charge in [0.05, 0.1) is 24.2 Å². The Hall–Kier alpha value is -3.75. The Kier molecular flexibility index (Phi) is 6.47. The van der Waals surface area contributed by atoms with Gasteiger partial charge in [-0.3, -0.25) is 9.10 Å². The van der Waals surface area contributed by atoms with Crippen LogP contribution in [0.5, 0.6) is 11.5 Å². The van der Waals surface area contributed by atoms with Gasteiger partial charge in [0.25, 0.3) is 15.9 Å². The van der Waals surface area contributed by atoms with E-state index < -0.39 is 22.0 Å². The molecule has 1 aliphatic rings. The lowest BCUT2D eigenvalue weighted by Gasteiger charge is -2.35. The zero-order valence-corrected chi connectivity index (χ0v) is 20.9. The van der Waals surface area contributed by atoms with E-state index in [2.05, 4.69) is 5.32 Å². The molecular formula is C27H23ClN2O5S. The number of halogens is 1. The Balaban J connectivity index is 1.40. The van der Waals surface area contributed by atoms with E-state index in [-0.39, 0.29) is 29.4 Å². The number of methoxy groups -OCH3 is 1. The van der Waals surface area contributed by atoms with Crippen LogP contribution in [0.2, 0.25) is 5.02 Å². The van der Waals surface area contributed by atoms with Crippen LogP contribution in [0.25, 0.3) is 10.8 Å². The molecule has 0 unspecified atom stereocenters. The maximum atomic E-state index is 13.6. The number of ether oxygens (including phenoxy) is 2. The second-order valence-corrected chi connectivity index (χ2v) is 10.6. The molecule has 5 rings (SSSR count). The molecule has 0 fully saturated rings. The smallest absolute Gasteiger partial charge is 0.264 e. The van der Waals surface area contributed by atoms with Crippen molar-refractivity contribution in [2.24, 2.45) is 0 Å². The quantitative estimate of drug-likeness (QED) is 0.394. The summed E-state index contributed by atoms with van der Waals surface area (Å²) in [6.07, 6.45) is -1.05. The van der Waals surface area contributed by atoms with Crippen molar-refractivity contribution in [1.82, 2.24) is 5.32 Å². The topological polar surface area (TPSA) is 84.9 Å². The summed E-state index contributed by atoms with van der Waals surface area (Å²) in [5.41, 5.74) is 1.20. The van der Waals surface area contributed by atoms with Crippen LogP contribution < -0.4 is 19.1 Å². The van der Waals surface area contributed by atoms with Crippen LogP contribution in [0.4, 0.5) is 5.69 Å². The van der Waals surface area contributed by atoms with E-state index in [0.717, 1.165) is 16.3 Å². The highest BCUT2D eigenvalue weighted by atomic mass is 35.5. The fourth-order valence-electron chi connectivity index (χ4n) is 4.12. The molecule has 0 aromatic heterocycles. The van der Waals surface area contributed by atoms with Gasteiger partial charge in [-0.2, -0.15) is 0 Å². The molecule has 1 N–H and O–H groups in total. The lowest BCUT2D eigenvalue weighted by molar-refractivity contribution is -0.127. The van der Waals surface area contributed by atoms with Crippen LogP contribution in [0.15, 0.2) is 89.8 Å². The highest BCUT2D eigenvalue weighted by Crippen LogP contribution is 2.39. The highest BCUT2D eigenvalue weighted by molar-refractivity contribution is 7.92. The zero-order valence-electron chi connectivity index (χ0n) is 19.3. The minimum Gasteiger partial charge on any atom is -0.497 e. The Morgan fingerprint density at radius 1 is 1.03 bits per heavy atom. The maximum Gasteiger partial charge on any atom is 0.264 e. The Morgan fingerprint density at radius 2 is 1.78 bits per heavy atom. The van der Waals surface area contributed by atoms with Crippen LogP contribution in [0, 0.1) is 0 Å². The molecule has 36 heavy (non-hydrogen) atoms. The summed E-state index contributed by atoms with van der Waals surface area (Å²) < 4.78 is 39.4. The summed E-state index contributed by atoms with van der Waals surface area (Å²) in [6, 6.07) is 24.7. The Labute approximate surface area is 214 Å². The molecule has 1 atom stereocenters. The second kappa shape index (κ2) is 9.72. The van der Waals surface area contributed by atoms with E-state index >= 15 is 0 Å². The summed E-state index contributed by atoms with van der Waals surface area (Å²) in [4.78, 5) is 13.2. The number of benzene rings is 4. The predicted octanol–water partition coefficient (Wildman–Crippen LogP) is 4.77. The summed E-state index contributed by atoms with van der Waals surface area (Å²) >= 11 is 6.16. The van der Waals surface area contributed by atoms with Gasteiger partial charge in [0.1, 0.15) is 11.5 Å². The lowest BCUT2D eigenvalue weighted by Crippen LogP contribution is -2.50. The van der Waals surface area contributed by atoms with Gasteiger partial charge in [-0.05, 0) is 64.9 Å². The monoisotopic (exact) mass is 522 g/mol. The van der Waals surface area contributed by atoms with Crippen molar-refractivity contribution in [3.8, 4) is 11.5 Å². The predicted molar refractivity (Wildman–Crippen MR) is 139 cm³/mol. The summed E-state index contributed by atoms with van der Waals surface area (Å²) in [7, 11) is -2.51. The van der Waals surface area contributed by atoms with Crippen molar-refractivity contribution in [3.05, 3.63) is 95.5 Å². The first-order chi connectivity index (χ1) is 17.3. The minimum atomic E-state index is -4.02. The summed E-state index contributed by atoms with van der Waals surface area (Å²) in [5, 5.41) is 5.41.